The minimum Gasteiger partial charge on any atom is -0.368 e. The van der Waals surface area contributed by atoms with Gasteiger partial charge in [-0.05, 0) is 19.1 Å². The second-order valence-electron chi connectivity index (χ2n) is 5.63. The van der Waals surface area contributed by atoms with Crippen LogP contribution >= 0.6 is 0 Å². The molecule has 7 heteroatoms. The fourth-order valence-corrected chi connectivity index (χ4v) is 4.18. The standard InChI is InChI=1S/C15H19N3O3S/c1-15(13-10-16-17(2)11-13)12-18(8-9-21-15)22(19,20)14-6-4-3-5-7-14/h3-7,10-11H,8-9,12H2,1-2H3/t15-/m0/s1. The zero-order valence-corrected chi connectivity index (χ0v) is 13.5. The largest absolute Gasteiger partial charge is 0.368 e. The number of ether oxygens (including phenoxy) is 1. The smallest absolute Gasteiger partial charge is 0.243 e. The van der Waals surface area contributed by atoms with Crippen LogP contribution in [0.4, 0.5) is 0 Å². The highest BCUT2D eigenvalue weighted by molar-refractivity contribution is 7.89. The van der Waals surface area contributed by atoms with Crippen LogP contribution < -0.4 is 0 Å². The Morgan fingerprint density at radius 3 is 2.64 bits per heavy atom. The molecule has 118 valence electrons. The van der Waals surface area contributed by atoms with Gasteiger partial charge in [0.25, 0.3) is 0 Å². The maximum atomic E-state index is 12.8. The Morgan fingerprint density at radius 1 is 1.27 bits per heavy atom. The molecule has 2 aromatic rings. The Hall–Kier alpha value is -1.70. The van der Waals surface area contributed by atoms with Crippen LogP contribution in [0.3, 0.4) is 0 Å². The van der Waals surface area contributed by atoms with Crippen molar-refractivity contribution in [3.05, 3.63) is 48.3 Å². The first kappa shape index (κ1) is 15.2. The number of nitrogens with zero attached hydrogens (tertiary/aromatic N) is 3. The zero-order chi connectivity index (χ0) is 15.8. The number of aromatic nitrogens is 2. The number of aryl methyl sites for hydroxylation is 1. The summed E-state index contributed by atoms with van der Waals surface area (Å²) in [5.74, 6) is 0. The van der Waals surface area contributed by atoms with Crippen molar-refractivity contribution >= 4 is 10.0 Å². The van der Waals surface area contributed by atoms with Gasteiger partial charge in [-0.25, -0.2) is 8.42 Å². The van der Waals surface area contributed by atoms with Crippen molar-refractivity contribution < 1.29 is 13.2 Å². The summed E-state index contributed by atoms with van der Waals surface area (Å²) in [6.07, 6.45) is 3.58. The topological polar surface area (TPSA) is 64.4 Å². The number of morpholine rings is 1. The van der Waals surface area contributed by atoms with E-state index in [-0.39, 0.29) is 6.54 Å². The van der Waals surface area contributed by atoms with Gasteiger partial charge in [0.05, 0.1) is 17.7 Å². The molecule has 1 aromatic heterocycles. The highest BCUT2D eigenvalue weighted by Crippen LogP contribution is 2.31. The normalized spacial score (nSPS) is 23.5. The van der Waals surface area contributed by atoms with Crippen LogP contribution in [0.15, 0.2) is 47.6 Å². The van der Waals surface area contributed by atoms with E-state index in [9.17, 15) is 8.42 Å². The van der Waals surface area contributed by atoms with E-state index in [0.717, 1.165) is 5.56 Å². The van der Waals surface area contributed by atoms with Crippen molar-refractivity contribution in [1.82, 2.24) is 14.1 Å². The van der Waals surface area contributed by atoms with Gasteiger partial charge in [-0.3, -0.25) is 4.68 Å². The van der Waals surface area contributed by atoms with Crippen LogP contribution in [0, 0.1) is 0 Å². The number of hydrogen-bond acceptors (Lipinski definition) is 4. The van der Waals surface area contributed by atoms with E-state index in [1.54, 1.807) is 41.2 Å². The van der Waals surface area contributed by atoms with Gasteiger partial charge in [0.15, 0.2) is 0 Å². The Kier molecular flexibility index (Phi) is 3.80. The Bertz CT molecular complexity index is 757. The summed E-state index contributed by atoms with van der Waals surface area (Å²) < 4.78 is 34.6. The maximum Gasteiger partial charge on any atom is 0.243 e. The molecule has 0 bridgehead atoms. The first-order valence-corrected chi connectivity index (χ1v) is 8.54. The van der Waals surface area contributed by atoms with Gasteiger partial charge in [-0.15, -0.1) is 0 Å². The molecule has 0 radical (unpaired) electrons. The third-order valence-electron chi connectivity index (χ3n) is 3.94. The predicted molar refractivity (Wildman–Crippen MR) is 81.7 cm³/mol. The zero-order valence-electron chi connectivity index (χ0n) is 12.6. The molecular formula is C15H19N3O3S. The van der Waals surface area contributed by atoms with Crippen molar-refractivity contribution in [1.29, 1.82) is 0 Å². The van der Waals surface area contributed by atoms with Crippen LogP contribution in [0.25, 0.3) is 0 Å². The van der Waals surface area contributed by atoms with Gasteiger partial charge in [0.2, 0.25) is 10.0 Å². The molecular weight excluding hydrogens is 302 g/mol. The molecule has 0 amide bonds. The second-order valence-corrected chi connectivity index (χ2v) is 7.57. The van der Waals surface area contributed by atoms with Gasteiger partial charge in [0, 0.05) is 31.9 Å². The maximum absolute atomic E-state index is 12.8. The Labute approximate surface area is 130 Å². The number of sulfonamides is 1. The van der Waals surface area contributed by atoms with Crippen molar-refractivity contribution in [2.24, 2.45) is 7.05 Å². The quantitative estimate of drug-likeness (QED) is 0.856. The van der Waals surface area contributed by atoms with E-state index in [1.165, 1.54) is 4.31 Å². The summed E-state index contributed by atoms with van der Waals surface area (Å²) in [5.41, 5.74) is 0.192. The first-order chi connectivity index (χ1) is 10.4. The molecule has 1 aliphatic heterocycles. The summed E-state index contributed by atoms with van der Waals surface area (Å²) in [5, 5.41) is 4.15. The lowest BCUT2D eigenvalue weighted by Gasteiger charge is -2.39. The molecule has 0 spiro atoms. The lowest BCUT2D eigenvalue weighted by atomic mass is 9.98. The molecule has 1 saturated heterocycles. The van der Waals surface area contributed by atoms with Gasteiger partial charge in [0.1, 0.15) is 5.60 Å². The SMILES string of the molecule is Cn1cc([C@]2(C)CN(S(=O)(=O)c3ccccc3)CCO2)cn1. The molecule has 2 heterocycles. The van der Waals surface area contributed by atoms with Gasteiger partial charge in [-0.2, -0.15) is 9.40 Å². The fraction of sp³-hybridized carbons (Fsp3) is 0.400. The van der Waals surface area contributed by atoms with Crippen molar-refractivity contribution in [2.45, 2.75) is 17.4 Å². The molecule has 1 atom stereocenters. The molecule has 0 N–H and O–H groups in total. The lowest BCUT2D eigenvalue weighted by molar-refractivity contribution is -0.0820. The van der Waals surface area contributed by atoms with Crippen LogP contribution in [-0.2, 0) is 27.4 Å². The molecule has 0 saturated carbocycles. The molecule has 6 nitrogen and oxygen atoms in total. The number of benzene rings is 1. The Morgan fingerprint density at radius 2 is 2.00 bits per heavy atom. The first-order valence-electron chi connectivity index (χ1n) is 7.10. The van der Waals surface area contributed by atoms with Crippen LogP contribution in [0.2, 0.25) is 0 Å². The summed E-state index contributed by atoms with van der Waals surface area (Å²) >= 11 is 0. The summed E-state index contributed by atoms with van der Waals surface area (Å²) in [6, 6.07) is 8.50. The van der Waals surface area contributed by atoms with Crippen LogP contribution in [0.1, 0.15) is 12.5 Å². The molecule has 1 aliphatic rings. The van der Waals surface area contributed by atoms with Crippen LogP contribution in [-0.4, -0.2) is 42.2 Å². The van der Waals surface area contributed by atoms with E-state index in [1.807, 2.05) is 20.2 Å². The molecule has 0 aliphatic carbocycles. The highest BCUT2D eigenvalue weighted by Gasteiger charge is 2.39. The van der Waals surface area contributed by atoms with E-state index in [4.69, 9.17) is 4.74 Å². The predicted octanol–water partition coefficient (Wildman–Crippen LogP) is 1.36. The van der Waals surface area contributed by atoms with E-state index < -0.39 is 15.6 Å². The minimum atomic E-state index is -3.51. The van der Waals surface area contributed by atoms with Crippen LogP contribution in [0.5, 0.6) is 0 Å². The lowest BCUT2D eigenvalue weighted by Crippen LogP contribution is -2.50. The van der Waals surface area contributed by atoms with Crippen molar-refractivity contribution in [3.8, 4) is 0 Å². The van der Waals surface area contributed by atoms with E-state index in [2.05, 4.69) is 5.10 Å². The number of hydrogen-bond donors (Lipinski definition) is 0. The van der Waals surface area contributed by atoms with Crippen molar-refractivity contribution in [3.63, 3.8) is 0 Å². The summed E-state index contributed by atoms with van der Waals surface area (Å²) in [4.78, 5) is 0.311. The van der Waals surface area contributed by atoms with Crippen molar-refractivity contribution in [2.75, 3.05) is 19.7 Å². The summed E-state index contributed by atoms with van der Waals surface area (Å²) in [7, 11) is -1.68. The van der Waals surface area contributed by atoms with E-state index in [0.29, 0.717) is 18.0 Å². The average molecular weight is 321 g/mol. The average Bonchev–Trinajstić information content (AvgIpc) is 2.96. The van der Waals surface area contributed by atoms with E-state index >= 15 is 0 Å². The highest BCUT2D eigenvalue weighted by atomic mass is 32.2. The molecule has 1 aromatic carbocycles. The van der Waals surface area contributed by atoms with Gasteiger partial charge in [-0.1, -0.05) is 18.2 Å². The molecule has 3 rings (SSSR count). The molecule has 1 fully saturated rings. The summed E-state index contributed by atoms with van der Waals surface area (Å²) in [6.45, 7) is 2.89. The van der Waals surface area contributed by atoms with Gasteiger partial charge < -0.3 is 4.74 Å². The third-order valence-corrected chi connectivity index (χ3v) is 5.80. The monoisotopic (exact) mass is 321 g/mol. The molecule has 0 unspecified atom stereocenters. The third kappa shape index (κ3) is 2.67. The second kappa shape index (κ2) is 5.49. The number of rotatable bonds is 3. The minimum absolute atomic E-state index is 0.274. The van der Waals surface area contributed by atoms with Gasteiger partial charge >= 0.3 is 0 Å². The Balaban J connectivity index is 1.90. The fourth-order valence-electron chi connectivity index (χ4n) is 2.65. The molecule has 22 heavy (non-hydrogen) atoms.